The lowest BCUT2D eigenvalue weighted by Gasteiger charge is -2.12. The fourth-order valence-electron chi connectivity index (χ4n) is 3.22. The number of carbonyl (C=O) groups excluding carboxylic acids is 3. The molecule has 0 unspecified atom stereocenters. The first-order valence-corrected chi connectivity index (χ1v) is 11.0. The first-order chi connectivity index (χ1) is 17.0. The highest BCUT2D eigenvalue weighted by atomic mass is 19.4. The Labute approximate surface area is 206 Å². The third kappa shape index (κ3) is 7.59. The molecule has 0 radical (unpaired) electrons. The van der Waals surface area contributed by atoms with E-state index in [1.807, 2.05) is 13.8 Å². The van der Waals surface area contributed by atoms with Gasteiger partial charge < -0.3 is 21.3 Å². The number of hydrogen-bond acceptors (Lipinski definition) is 4. The maximum atomic E-state index is 12.9. The van der Waals surface area contributed by atoms with Gasteiger partial charge in [-0.05, 0) is 68.4 Å². The number of nitrogens with one attached hydrogen (secondary N) is 4. The summed E-state index contributed by atoms with van der Waals surface area (Å²) in [6.07, 6.45) is -4.52. The van der Waals surface area contributed by atoms with Gasteiger partial charge in [0.2, 0.25) is 5.91 Å². The van der Waals surface area contributed by atoms with Crippen molar-refractivity contribution in [2.75, 3.05) is 22.5 Å². The van der Waals surface area contributed by atoms with Crippen LogP contribution in [-0.4, -0.2) is 30.3 Å². The predicted molar refractivity (Wildman–Crippen MR) is 132 cm³/mol. The van der Waals surface area contributed by atoms with E-state index in [-0.39, 0.29) is 35.7 Å². The number of halogens is 3. The van der Waals surface area contributed by atoms with Crippen LogP contribution in [0.25, 0.3) is 0 Å². The summed E-state index contributed by atoms with van der Waals surface area (Å²) in [7, 11) is 0. The Balaban J connectivity index is 1.58. The highest BCUT2D eigenvalue weighted by Gasteiger charge is 2.30. The SMILES string of the molecule is CC(C)NC(=O)c1cccc(NC(=O)CNc2cccc(C(=O)Nc3cccc(C(F)(F)F)c3)c2)c1. The Morgan fingerprint density at radius 1 is 0.750 bits per heavy atom. The van der Waals surface area contributed by atoms with Gasteiger partial charge in [0, 0.05) is 34.2 Å². The van der Waals surface area contributed by atoms with Crippen LogP contribution < -0.4 is 21.3 Å². The van der Waals surface area contributed by atoms with Gasteiger partial charge in [-0.15, -0.1) is 0 Å². The topological polar surface area (TPSA) is 99.3 Å². The van der Waals surface area contributed by atoms with Crippen molar-refractivity contribution in [1.82, 2.24) is 5.32 Å². The number of alkyl halides is 3. The first-order valence-electron chi connectivity index (χ1n) is 11.0. The van der Waals surface area contributed by atoms with E-state index in [4.69, 9.17) is 0 Å². The third-order valence-electron chi connectivity index (χ3n) is 4.85. The van der Waals surface area contributed by atoms with Crippen LogP contribution in [0.1, 0.15) is 40.1 Å². The molecule has 3 amide bonds. The molecule has 0 saturated carbocycles. The molecule has 0 spiro atoms. The van der Waals surface area contributed by atoms with E-state index < -0.39 is 17.6 Å². The minimum atomic E-state index is -4.52. The monoisotopic (exact) mass is 498 g/mol. The quantitative estimate of drug-likeness (QED) is 0.345. The molecule has 36 heavy (non-hydrogen) atoms. The van der Waals surface area contributed by atoms with Crippen LogP contribution in [0.3, 0.4) is 0 Å². The van der Waals surface area contributed by atoms with E-state index in [9.17, 15) is 27.6 Å². The average Bonchev–Trinajstić information content (AvgIpc) is 2.82. The van der Waals surface area contributed by atoms with Crippen LogP contribution in [0.2, 0.25) is 0 Å². The molecule has 0 aromatic heterocycles. The van der Waals surface area contributed by atoms with Gasteiger partial charge in [-0.1, -0.05) is 18.2 Å². The van der Waals surface area contributed by atoms with Gasteiger partial charge in [-0.3, -0.25) is 14.4 Å². The zero-order chi connectivity index (χ0) is 26.3. The van der Waals surface area contributed by atoms with Crippen molar-refractivity contribution in [3.63, 3.8) is 0 Å². The number of amides is 3. The Morgan fingerprint density at radius 2 is 1.31 bits per heavy atom. The number of anilines is 3. The number of hydrogen-bond donors (Lipinski definition) is 4. The number of benzene rings is 3. The summed E-state index contributed by atoms with van der Waals surface area (Å²) in [5.74, 6) is -1.23. The molecule has 3 aromatic rings. The lowest BCUT2D eigenvalue weighted by Crippen LogP contribution is -2.30. The molecule has 0 aliphatic carbocycles. The normalized spacial score (nSPS) is 11.1. The second-order valence-electron chi connectivity index (χ2n) is 8.22. The van der Waals surface area contributed by atoms with Crippen molar-refractivity contribution < 1.29 is 27.6 Å². The highest BCUT2D eigenvalue weighted by molar-refractivity contribution is 6.05. The average molecular weight is 499 g/mol. The summed E-state index contributed by atoms with van der Waals surface area (Å²) in [6, 6.07) is 17.0. The van der Waals surface area contributed by atoms with Crippen molar-refractivity contribution in [3.05, 3.63) is 89.5 Å². The molecule has 0 bridgehead atoms. The van der Waals surface area contributed by atoms with Crippen molar-refractivity contribution in [2.45, 2.75) is 26.1 Å². The molecule has 0 fully saturated rings. The molecule has 0 atom stereocenters. The zero-order valence-electron chi connectivity index (χ0n) is 19.6. The molecule has 7 nitrogen and oxygen atoms in total. The molecule has 3 aromatic carbocycles. The fourth-order valence-corrected chi connectivity index (χ4v) is 3.22. The van der Waals surface area contributed by atoms with Gasteiger partial charge in [0.25, 0.3) is 11.8 Å². The molecule has 10 heteroatoms. The second-order valence-corrected chi connectivity index (χ2v) is 8.22. The molecule has 4 N–H and O–H groups in total. The summed E-state index contributed by atoms with van der Waals surface area (Å²) in [6.45, 7) is 3.57. The van der Waals surface area contributed by atoms with Crippen LogP contribution in [0.15, 0.2) is 72.8 Å². The Bertz CT molecular complexity index is 1260. The standard InChI is InChI=1S/C26H25F3N4O3/c1-16(2)31-24(35)18-7-4-10-21(13-18)32-23(34)15-30-20-9-3-6-17(12-20)25(36)33-22-11-5-8-19(14-22)26(27,28)29/h3-14,16,30H,15H2,1-2H3,(H,31,35)(H,32,34)(H,33,36). The van der Waals surface area contributed by atoms with E-state index in [1.165, 1.54) is 24.3 Å². The lowest BCUT2D eigenvalue weighted by atomic mass is 10.1. The molecule has 188 valence electrons. The summed E-state index contributed by atoms with van der Waals surface area (Å²) in [5, 5.41) is 10.8. The summed E-state index contributed by atoms with van der Waals surface area (Å²) >= 11 is 0. The summed E-state index contributed by atoms with van der Waals surface area (Å²) < 4.78 is 38.7. The predicted octanol–water partition coefficient (Wildman–Crippen LogP) is 5.15. The zero-order valence-corrected chi connectivity index (χ0v) is 19.6. The van der Waals surface area contributed by atoms with Crippen molar-refractivity contribution in [3.8, 4) is 0 Å². The lowest BCUT2D eigenvalue weighted by molar-refractivity contribution is -0.137. The molecule has 0 heterocycles. The molecule has 3 rings (SSSR count). The number of rotatable bonds is 8. The second kappa shape index (κ2) is 11.4. The van der Waals surface area contributed by atoms with E-state index in [1.54, 1.807) is 36.4 Å². The molecule has 0 aliphatic heterocycles. The smallest absolute Gasteiger partial charge is 0.376 e. The fraction of sp³-hybridized carbons (Fsp3) is 0.192. The van der Waals surface area contributed by atoms with Gasteiger partial charge in [0.1, 0.15) is 0 Å². The summed E-state index contributed by atoms with van der Waals surface area (Å²) in [5.41, 5.74) is 0.666. The molecular formula is C26H25F3N4O3. The molecule has 0 saturated heterocycles. The minimum Gasteiger partial charge on any atom is -0.376 e. The van der Waals surface area contributed by atoms with Crippen LogP contribution >= 0.6 is 0 Å². The Morgan fingerprint density at radius 3 is 1.94 bits per heavy atom. The van der Waals surface area contributed by atoms with Crippen molar-refractivity contribution >= 4 is 34.8 Å². The Kier molecular flexibility index (Phi) is 8.31. The van der Waals surface area contributed by atoms with Crippen molar-refractivity contribution in [1.29, 1.82) is 0 Å². The van der Waals surface area contributed by atoms with Crippen LogP contribution in [0.5, 0.6) is 0 Å². The molecule has 0 aliphatic rings. The van der Waals surface area contributed by atoms with Crippen LogP contribution in [-0.2, 0) is 11.0 Å². The van der Waals surface area contributed by atoms with E-state index in [0.717, 1.165) is 12.1 Å². The van der Waals surface area contributed by atoms with Gasteiger partial charge >= 0.3 is 6.18 Å². The van der Waals surface area contributed by atoms with Gasteiger partial charge in [0.05, 0.1) is 12.1 Å². The van der Waals surface area contributed by atoms with Gasteiger partial charge in [0.15, 0.2) is 0 Å². The number of carbonyl (C=O) groups is 3. The maximum absolute atomic E-state index is 12.9. The largest absolute Gasteiger partial charge is 0.416 e. The highest BCUT2D eigenvalue weighted by Crippen LogP contribution is 2.30. The minimum absolute atomic E-state index is 0.0110. The maximum Gasteiger partial charge on any atom is 0.416 e. The van der Waals surface area contributed by atoms with Gasteiger partial charge in [-0.2, -0.15) is 13.2 Å². The summed E-state index contributed by atoms with van der Waals surface area (Å²) in [4.78, 5) is 37.0. The molecular weight excluding hydrogens is 473 g/mol. The van der Waals surface area contributed by atoms with Gasteiger partial charge in [-0.25, -0.2) is 0 Å². The first kappa shape index (κ1) is 26.3. The Hall–Kier alpha value is -4.34. The van der Waals surface area contributed by atoms with E-state index >= 15 is 0 Å². The van der Waals surface area contributed by atoms with E-state index in [0.29, 0.717) is 16.9 Å². The van der Waals surface area contributed by atoms with Crippen LogP contribution in [0, 0.1) is 0 Å². The van der Waals surface area contributed by atoms with E-state index in [2.05, 4.69) is 21.3 Å². The third-order valence-corrected chi connectivity index (χ3v) is 4.85. The van der Waals surface area contributed by atoms with Crippen molar-refractivity contribution in [2.24, 2.45) is 0 Å². The van der Waals surface area contributed by atoms with Crippen LogP contribution in [0.4, 0.5) is 30.2 Å².